The van der Waals surface area contributed by atoms with Gasteiger partial charge in [-0.05, 0) is 18.9 Å². The van der Waals surface area contributed by atoms with Gasteiger partial charge in [-0.15, -0.1) is 0 Å². The molecular formula is C10H11F2NS. The molecule has 1 aromatic carbocycles. The average molecular weight is 215 g/mol. The lowest BCUT2D eigenvalue weighted by molar-refractivity contribution is 0.151. The third-order valence-electron chi connectivity index (χ3n) is 1.81. The molecule has 0 aliphatic rings. The molecule has 0 unspecified atom stereocenters. The molecule has 0 aromatic heterocycles. The van der Waals surface area contributed by atoms with Crippen molar-refractivity contribution >= 4 is 17.7 Å². The second kappa shape index (κ2) is 5.10. The molecule has 0 aliphatic heterocycles. The highest BCUT2D eigenvalue weighted by Crippen LogP contribution is 2.23. The van der Waals surface area contributed by atoms with Crippen LogP contribution in [0.1, 0.15) is 24.5 Å². The zero-order valence-electron chi connectivity index (χ0n) is 8.00. The first-order chi connectivity index (χ1) is 6.66. The van der Waals surface area contributed by atoms with E-state index in [9.17, 15) is 8.78 Å². The Kier molecular flexibility index (Phi) is 4.07. The third kappa shape index (κ3) is 2.54. The van der Waals surface area contributed by atoms with Gasteiger partial charge in [0.05, 0.1) is 5.71 Å². The van der Waals surface area contributed by atoms with Gasteiger partial charge in [0.15, 0.2) is 0 Å². The van der Waals surface area contributed by atoms with E-state index in [-0.39, 0.29) is 5.56 Å². The van der Waals surface area contributed by atoms with Gasteiger partial charge in [-0.25, -0.2) is 13.2 Å². The Labute approximate surface area is 86.4 Å². The van der Waals surface area contributed by atoms with Gasteiger partial charge < -0.3 is 0 Å². The summed E-state index contributed by atoms with van der Waals surface area (Å²) in [5.74, 6) is 0. The number of rotatable bonds is 3. The molecule has 0 bridgehead atoms. The van der Waals surface area contributed by atoms with Crippen LogP contribution in [0.4, 0.5) is 8.78 Å². The molecule has 4 heteroatoms. The lowest BCUT2D eigenvalue weighted by Gasteiger charge is -2.07. The number of benzene rings is 1. The molecule has 0 amide bonds. The zero-order chi connectivity index (χ0) is 10.6. The standard InChI is InChI=1S/C10H11F2NS/c1-7(13-14-2)8-5-3-4-6-9(8)10(11)12/h3-6,10H,1-2H3/b13-7+. The van der Waals surface area contributed by atoms with E-state index >= 15 is 0 Å². The van der Waals surface area contributed by atoms with E-state index in [0.717, 1.165) is 0 Å². The molecule has 76 valence electrons. The summed E-state index contributed by atoms with van der Waals surface area (Å²) in [6.07, 6.45) is -0.646. The third-order valence-corrected chi connectivity index (χ3v) is 2.27. The predicted molar refractivity (Wildman–Crippen MR) is 57.1 cm³/mol. The van der Waals surface area contributed by atoms with Crippen molar-refractivity contribution in [1.82, 2.24) is 0 Å². The van der Waals surface area contributed by atoms with E-state index < -0.39 is 6.43 Å². The van der Waals surface area contributed by atoms with E-state index in [0.29, 0.717) is 11.3 Å². The highest BCUT2D eigenvalue weighted by molar-refractivity contribution is 7.97. The second-order valence-corrected chi connectivity index (χ2v) is 3.29. The van der Waals surface area contributed by atoms with Crippen molar-refractivity contribution in [2.24, 2.45) is 4.40 Å². The molecule has 0 spiro atoms. The maximum Gasteiger partial charge on any atom is 0.264 e. The number of hydrogen-bond acceptors (Lipinski definition) is 2. The van der Waals surface area contributed by atoms with Crippen LogP contribution in [-0.2, 0) is 0 Å². The molecule has 0 fully saturated rings. The maximum absolute atomic E-state index is 12.6. The summed E-state index contributed by atoms with van der Waals surface area (Å²) >= 11 is 1.27. The lowest BCUT2D eigenvalue weighted by atomic mass is 10.0. The number of hydrogen-bond donors (Lipinski definition) is 0. The molecular weight excluding hydrogens is 204 g/mol. The molecule has 0 heterocycles. The minimum absolute atomic E-state index is 0.0443. The Morgan fingerprint density at radius 3 is 2.57 bits per heavy atom. The van der Waals surface area contributed by atoms with E-state index in [1.54, 1.807) is 31.4 Å². The van der Waals surface area contributed by atoms with Crippen LogP contribution in [0.25, 0.3) is 0 Å². The summed E-state index contributed by atoms with van der Waals surface area (Å²) in [7, 11) is 0. The van der Waals surface area contributed by atoms with Crippen LogP contribution in [-0.4, -0.2) is 12.0 Å². The van der Waals surface area contributed by atoms with Crippen molar-refractivity contribution in [3.05, 3.63) is 35.4 Å². The monoisotopic (exact) mass is 215 g/mol. The number of alkyl halides is 2. The summed E-state index contributed by atoms with van der Waals surface area (Å²) in [5.41, 5.74) is 1.20. The van der Waals surface area contributed by atoms with Gasteiger partial charge in [0, 0.05) is 17.4 Å². The molecule has 0 saturated heterocycles. The van der Waals surface area contributed by atoms with Crippen LogP contribution < -0.4 is 0 Å². The molecule has 0 atom stereocenters. The van der Waals surface area contributed by atoms with Crippen LogP contribution >= 0.6 is 11.9 Å². The van der Waals surface area contributed by atoms with Crippen LogP contribution in [0.15, 0.2) is 28.7 Å². The molecule has 1 rings (SSSR count). The molecule has 0 saturated carbocycles. The van der Waals surface area contributed by atoms with Crippen molar-refractivity contribution in [2.75, 3.05) is 6.26 Å². The van der Waals surface area contributed by atoms with Crippen molar-refractivity contribution in [3.8, 4) is 0 Å². The highest BCUT2D eigenvalue weighted by atomic mass is 32.2. The van der Waals surface area contributed by atoms with Crippen molar-refractivity contribution in [2.45, 2.75) is 13.3 Å². The Morgan fingerprint density at radius 2 is 2.00 bits per heavy atom. The summed E-state index contributed by atoms with van der Waals surface area (Å²) in [6.45, 7) is 1.73. The molecule has 1 nitrogen and oxygen atoms in total. The fourth-order valence-electron chi connectivity index (χ4n) is 1.20. The van der Waals surface area contributed by atoms with Gasteiger partial charge in [-0.3, -0.25) is 0 Å². The number of halogens is 2. The van der Waals surface area contributed by atoms with Crippen molar-refractivity contribution in [1.29, 1.82) is 0 Å². The minimum Gasteiger partial charge on any atom is -0.221 e. The van der Waals surface area contributed by atoms with Gasteiger partial charge in [0.1, 0.15) is 0 Å². The first-order valence-electron chi connectivity index (χ1n) is 4.12. The van der Waals surface area contributed by atoms with Crippen LogP contribution in [0, 0.1) is 0 Å². The molecule has 0 radical (unpaired) electrons. The minimum atomic E-state index is -2.45. The van der Waals surface area contributed by atoms with Crippen LogP contribution in [0.3, 0.4) is 0 Å². The van der Waals surface area contributed by atoms with Gasteiger partial charge in [0.25, 0.3) is 6.43 Å². The quantitative estimate of drug-likeness (QED) is 0.553. The maximum atomic E-state index is 12.6. The second-order valence-electron chi connectivity index (χ2n) is 2.75. The topological polar surface area (TPSA) is 12.4 Å². The smallest absolute Gasteiger partial charge is 0.221 e. The van der Waals surface area contributed by atoms with Gasteiger partial charge >= 0.3 is 0 Å². The Bertz CT molecular complexity index is 337. The summed E-state index contributed by atoms with van der Waals surface area (Å²) in [5, 5.41) is 0. The summed E-state index contributed by atoms with van der Waals surface area (Å²) < 4.78 is 29.2. The summed E-state index contributed by atoms with van der Waals surface area (Å²) in [4.78, 5) is 0. The average Bonchev–Trinajstić information content (AvgIpc) is 2.18. The lowest BCUT2D eigenvalue weighted by Crippen LogP contribution is -2.00. The molecule has 0 N–H and O–H groups in total. The first kappa shape index (κ1) is 11.2. The van der Waals surface area contributed by atoms with E-state index in [1.807, 2.05) is 0 Å². The predicted octanol–water partition coefficient (Wildman–Crippen LogP) is 3.71. The van der Waals surface area contributed by atoms with Crippen molar-refractivity contribution in [3.63, 3.8) is 0 Å². The molecule has 0 aliphatic carbocycles. The number of nitrogens with zero attached hydrogens (tertiary/aromatic N) is 1. The summed E-state index contributed by atoms with van der Waals surface area (Å²) in [6, 6.07) is 6.44. The van der Waals surface area contributed by atoms with E-state index in [1.165, 1.54) is 18.0 Å². The van der Waals surface area contributed by atoms with Gasteiger partial charge in [0.2, 0.25) is 0 Å². The van der Waals surface area contributed by atoms with Gasteiger partial charge in [-0.1, -0.05) is 24.3 Å². The molecule has 1 aromatic rings. The zero-order valence-corrected chi connectivity index (χ0v) is 8.81. The van der Waals surface area contributed by atoms with E-state index in [2.05, 4.69) is 4.40 Å². The highest BCUT2D eigenvalue weighted by Gasteiger charge is 2.13. The van der Waals surface area contributed by atoms with Crippen LogP contribution in [0.5, 0.6) is 0 Å². The SMILES string of the molecule is CS/N=C(\C)c1ccccc1C(F)F. The Balaban J connectivity index is 3.13. The van der Waals surface area contributed by atoms with E-state index in [4.69, 9.17) is 0 Å². The van der Waals surface area contributed by atoms with Crippen molar-refractivity contribution < 1.29 is 8.78 Å². The fourth-order valence-corrected chi connectivity index (χ4v) is 1.58. The first-order valence-corrected chi connectivity index (χ1v) is 5.30. The largest absolute Gasteiger partial charge is 0.264 e. The Morgan fingerprint density at radius 1 is 1.36 bits per heavy atom. The van der Waals surface area contributed by atoms with Crippen LogP contribution in [0.2, 0.25) is 0 Å². The molecule has 14 heavy (non-hydrogen) atoms. The normalized spacial score (nSPS) is 12.2. The Hall–Kier alpha value is -0.900. The van der Waals surface area contributed by atoms with Gasteiger partial charge in [-0.2, -0.15) is 0 Å². The fraction of sp³-hybridized carbons (Fsp3) is 0.300.